The topological polar surface area (TPSA) is 83.0 Å². The van der Waals surface area contributed by atoms with Crippen molar-refractivity contribution in [2.45, 2.75) is 19.9 Å². The Labute approximate surface area is 151 Å². The van der Waals surface area contributed by atoms with Crippen LogP contribution in [0.25, 0.3) is 0 Å². The van der Waals surface area contributed by atoms with Crippen molar-refractivity contribution in [1.82, 2.24) is 5.43 Å². The highest BCUT2D eigenvalue weighted by Gasteiger charge is 2.11. The molecule has 0 bridgehead atoms. The Hall–Kier alpha value is -2.73. The first-order valence-electron chi connectivity index (χ1n) is 7.80. The molecule has 0 aliphatic rings. The molecule has 0 saturated heterocycles. The molecule has 1 atom stereocenters. The molecule has 7 heteroatoms. The largest absolute Gasteiger partial charge is 0.504 e. The number of hydrogen-bond acceptors (Lipinski definition) is 5. The van der Waals surface area contributed by atoms with Crippen LogP contribution in [-0.4, -0.2) is 29.9 Å². The highest BCUT2D eigenvalue weighted by molar-refractivity contribution is 6.30. The number of hydrogen-bond donors (Lipinski definition) is 3. The number of nitrogens with one attached hydrogen (secondary N) is 2. The number of hydrazone groups is 1. The molecule has 2 aromatic rings. The van der Waals surface area contributed by atoms with E-state index >= 15 is 0 Å². The molecule has 0 spiro atoms. The van der Waals surface area contributed by atoms with E-state index in [0.717, 1.165) is 5.69 Å². The maximum Gasteiger partial charge on any atom is 0.262 e. The summed E-state index contributed by atoms with van der Waals surface area (Å²) in [6.45, 7) is 4.03. The summed E-state index contributed by atoms with van der Waals surface area (Å²) in [5.41, 5.74) is 3.87. The van der Waals surface area contributed by atoms with Crippen LogP contribution < -0.4 is 15.5 Å². The lowest BCUT2D eigenvalue weighted by molar-refractivity contribution is -0.121. The van der Waals surface area contributed by atoms with Gasteiger partial charge in [0.1, 0.15) is 6.04 Å². The molecular weight excluding hydrogens is 342 g/mol. The fraction of sp³-hybridized carbons (Fsp3) is 0.222. The molecular formula is C18H20ClN3O3. The van der Waals surface area contributed by atoms with Crippen molar-refractivity contribution in [1.29, 1.82) is 0 Å². The van der Waals surface area contributed by atoms with Gasteiger partial charge in [0.05, 0.1) is 12.8 Å². The van der Waals surface area contributed by atoms with E-state index in [0.29, 0.717) is 22.9 Å². The van der Waals surface area contributed by atoms with Gasteiger partial charge in [-0.1, -0.05) is 11.6 Å². The Morgan fingerprint density at radius 2 is 2.04 bits per heavy atom. The molecule has 0 fully saturated rings. The van der Waals surface area contributed by atoms with Crippen LogP contribution in [-0.2, 0) is 4.79 Å². The highest BCUT2D eigenvalue weighted by Crippen LogP contribution is 2.26. The third-order valence-electron chi connectivity index (χ3n) is 3.29. The molecule has 1 unspecified atom stereocenters. The van der Waals surface area contributed by atoms with Crippen LogP contribution in [0.15, 0.2) is 47.6 Å². The lowest BCUT2D eigenvalue weighted by atomic mass is 10.2. The quantitative estimate of drug-likeness (QED) is 0.521. The van der Waals surface area contributed by atoms with Crippen LogP contribution in [0.1, 0.15) is 19.4 Å². The van der Waals surface area contributed by atoms with Gasteiger partial charge in [-0.15, -0.1) is 0 Å². The maximum atomic E-state index is 12.0. The highest BCUT2D eigenvalue weighted by atomic mass is 35.5. The summed E-state index contributed by atoms with van der Waals surface area (Å²) in [6.07, 6.45) is 1.45. The van der Waals surface area contributed by atoms with Crippen molar-refractivity contribution in [3.05, 3.63) is 53.1 Å². The fourth-order valence-corrected chi connectivity index (χ4v) is 2.15. The van der Waals surface area contributed by atoms with Crippen molar-refractivity contribution in [2.24, 2.45) is 5.10 Å². The Morgan fingerprint density at radius 3 is 2.68 bits per heavy atom. The van der Waals surface area contributed by atoms with E-state index in [9.17, 15) is 9.90 Å². The Kier molecular flexibility index (Phi) is 6.65. The van der Waals surface area contributed by atoms with Crippen LogP contribution in [0, 0.1) is 0 Å². The van der Waals surface area contributed by atoms with E-state index in [1.807, 2.05) is 6.92 Å². The summed E-state index contributed by atoms with van der Waals surface area (Å²) in [4.78, 5) is 12.0. The number of rotatable bonds is 7. The van der Waals surface area contributed by atoms with E-state index < -0.39 is 6.04 Å². The molecule has 132 valence electrons. The number of phenols is 1. The van der Waals surface area contributed by atoms with Crippen molar-refractivity contribution >= 4 is 29.4 Å². The second-order valence-electron chi connectivity index (χ2n) is 5.27. The van der Waals surface area contributed by atoms with Crippen molar-refractivity contribution in [3.8, 4) is 11.5 Å². The molecule has 0 heterocycles. The van der Waals surface area contributed by atoms with Gasteiger partial charge in [0.25, 0.3) is 5.91 Å². The molecule has 0 aromatic heterocycles. The predicted molar refractivity (Wildman–Crippen MR) is 99.5 cm³/mol. The zero-order valence-electron chi connectivity index (χ0n) is 14.0. The number of nitrogens with zero attached hydrogens (tertiary/aromatic N) is 1. The predicted octanol–water partition coefficient (Wildman–Crippen LogP) is 3.40. The minimum atomic E-state index is -0.480. The van der Waals surface area contributed by atoms with Gasteiger partial charge >= 0.3 is 0 Å². The molecule has 25 heavy (non-hydrogen) atoms. The van der Waals surface area contributed by atoms with E-state index in [4.69, 9.17) is 16.3 Å². The van der Waals surface area contributed by atoms with E-state index in [1.165, 1.54) is 12.3 Å². The van der Waals surface area contributed by atoms with Gasteiger partial charge in [-0.05, 0) is 61.9 Å². The average molecular weight is 362 g/mol. The molecule has 2 rings (SSSR count). The van der Waals surface area contributed by atoms with Crippen molar-refractivity contribution in [3.63, 3.8) is 0 Å². The molecule has 0 aliphatic heterocycles. The van der Waals surface area contributed by atoms with Gasteiger partial charge in [-0.25, -0.2) is 5.43 Å². The summed E-state index contributed by atoms with van der Waals surface area (Å²) < 4.78 is 5.25. The Morgan fingerprint density at radius 1 is 1.32 bits per heavy atom. The van der Waals surface area contributed by atoms with Crippen LogP contribution in [0.4, 0.5) is 5.69 Å². The first kappa shape index (κ1) is 18.6. The summed E-state index contributed by atoms with van der Waals surface area (Å²) in [5, 5.41) is 17.4. The van der Waals surface area contributed by atoms with E-state index in [-0.39, 0.29) is 11.7 Å². The monoisotopic (exact) mass is 361 g/mol. The zero-order valence-corrected chi connectivity index (χ0v) is 14.7. The molecule has 2 aromatic carbocycles. The summed E-state index contributed by atoms with van der Waals surface area (Å²) >= 11 is 5.82. The van der Waals surface area contributed by atoms with Gasteiger partial charge in [0, 0.05) is 10.7 Å². The van der Waals surface area contributed by atoms with Crippen LogP contribution in [0.2, 0.25) is 5.02 Å². The lowest BCUT2D eigenvalue weighted by Crippen LogP contribution is -2.34. The SMILES string of the molecule is CCOc1ccc(/C=N/NC(=O)C(C)Nc2ccc(Cl)cc2)cc1O. The minimum Gasteiger partial charge on any atom is -0.504 e. The summed E-state index contributed by atoms with van der Waals surface area (Å²) in [5.74, 6) is 0.140. The standard InChI is InChI=1S/C18H20ClN3O3/c1-3-25-17-9-4-13(10-16(17)23)11-20-22-18(24)12(2)21-15-7-5-14(19)6-8-15/h4-12,21,23H,3H2,1-2H3,(H,22,24)/b20-11+. The number of amides is 1. The van der Waals surface area contributed by atoms with Gasteiger partial charge in [-0.2, -0.15) is 5.10 Å². The number of phenolic OH excluding ortho intramolecular Hbond substituents is 1. The molecule has 0 saturated carbocycles. The second kappa shape index (κ2) is 8.94. The van der Waals surface area contributed by atoms with Gasteiger partial charge in [0.2, 0.25) is 0 Å². The number of aromatic hydroxyl groups is 1. The smallest absolute Gasteiger partial charge is 0.262 e. The number of ether oxygens (including phenoxy) is 1. The zero-order chi connectivity index (χ0) is 18.2. The number of benzene rings is 2. The first-order valence-corrected chi connectivity index (χ1v) is 8.18. The lowest BCUT2D eigenvalue weighted by Gasteiger charge is -2.13. The third-order valence-corrected chi connectivity index (χ3v) is 3.54. The fourth-order valence-electron chi connectivity index (χ4n) is 2.02. The molecule has 0 radical (unpaired) electrons. The number of carbonyl (C=O) groups excluding carboxylic acids is 1. The van der Waals surface area contributed by atoms with E-state index in [1.54, 1.807) is 43.3 Å². The summed E-state index contributed by atoms with van der Waals surface area (Å²) in [7, 11) is 0. The van der Waals surface area contributed by atoms with Crippen molar-refractivity contribution in [2.75, 3.05) is 11.9 Å². The van der Waals surface area contributed by atoms with Crippen LogP contribution >= 0.6 is 11.6 Å². The maximum absolute atomic E-state index is 12.0. The normalized spacial score (nSPS) is 12.0. The van der Waals surface area contributed by atoms with Crippen molar-refractivity contribution < 1.29 is 14.6 Å². The van der Waals surface area contributed by atoms with Crippen LogP contribution in [0.5, 0.6) is 11.5 Å². The number of anilines is 1. The average Bonchev–Trinajstić information content (AvgIpc) is 2.59. The number of halogens is 1. The molecule has 1 amide bonds. The first-order chi connectivity index (χ1) is 12.0. The van der Waals surface area contributed by atoms with Gasteiger partial charge in [0.15, 0.2) is 11.5 Å². The minimum absolute atomic E-state index is 0.0231. The second-order valence-corrected chi connectivity index (χ2v) is 5.70. The van der Waals surface area contributed by atoms with Crippen LogP contribution in [0.3, 0.4) is 0 Å². The van der Waals surface area contributed by atoms with Gasteiger partial charge in [-0.3, -0.25) is 4.79 Å². The molecule has 0 aliphatic carbocycles. The van der Waals surface area contributed by atoms with Gasteiger partial charge < -0.3 is 15.2 Å². The Balaban J connectivity index is 1.89. The number of carbonyl (C=O) groups is 1. The molecule has 3 N–H and O–H groups in total. The third kappa shape index (κ3) is 5.69. The Bertz CT molecular complexity index is 748. The van der Waals surface area contributed by atoms with E-state index in [2.05, 4.69) is 15.8 Å². The molecule has 6 nitrogen and oxygen atoms in total. The summed E-state index contributed by atoms with van der Waals surface area (Å²) in [6, 6.07) is 11.5.